The summed E-state index contributed by atoms with van der Waals surface area (Å²) in [6.45, 7) is 6.51. The van der Waals surface area contributed by atoms with E-state index in [0.717, 1.165) is 30.7 Å². The van der Waals surface area contributed by atoms with E-state index in [2.05, 4.69) is 19.2 Å². The van der Waals surface area contributed by atoms with Crippen LogP contribution in [0.1, 0.15) is 38.2 Å². The molecule has 90 valence electrons. The second-order valence-corrected chi connectivity index (χ2v) is 4.93. The Bertz CT molecular complexity index is 315. The second kappa shape index (κ2) is 5.51. The van der Waals surface area contributed by atoms with Crippen LogP contribution in [0, 0.1) is 5.92 Å². The molecule has 16 heavy (non-hydrogen) atoms. The van der Waals surface area contributed by atoms with Crippen LogP contribution in [0.5, 0.6) is 0 Å². The lowest BCUT2D eigenvalue weighted by molar-refractivity contribution is 0.0837. The van der Waals surface area contributed by atoms with E-state index in [1.165, 1.54) is 12.8 Å². The molecule has 1 saturated carbocycles. The van der Waals surface area contributed by atoms with Crippen molar-refractivity contribution in [1.82, 2.24) is 5.32 Å². The van der Waals surface area contributed by atoms with Gasteiger partial charge in [-0.1, -0.05) is 13.8 Å². The lowest BCUT2D eigenvalue weighted by Gasteiger charge is -2.04. The first kappa shape index (κ1) is 11.7. The molecule has 1 aliphatic rings. The number of hydrogen-bond acceptors (Lipinski definition) is 3. The Morgan fingerprint density at radius 1 is 1.38 bits per heavy atom. The molecule has 0 unspecified atom stereocenters. The molecule has 0 amide bonds. The van der Waals surface area contributed by atoms with Crippen LogP contribution in [0.2, 0.25) is 0 Å². The lowest BCUT2D eigenvalue weighted by Crippen LogP contribution is -2.14. The van der Waals surface area contributed by atoms with Gasteiger partial charge < -0.3 is 14.5 Å². The van der Waals surface area contributed by atoms with Crippen LogP contribution in [0.15, 0.2) is 16.5 Å². The highest BCUT2D eigenvalue weighted by Crippen LogP contribution is 2.19. The average Bonchev–Trinajstić information content (AvgIpc) is 2.96. The van der Waals surface area contributed by atoms with Crippen molar-refractivity contribution in [2.45, 2.75) is 45.9 Å². The third-order valence-electron chi connectivity index (χ3n) is 2.56. The van der Waals surface area contributed by atoms with Gasteiger partial charge in [0, 0.05) is 12.6 Å². The molecule has 1 fully saturated rings. The molecule has 0 saturated heterocycles. The summed E-state index contributed by atoms with van der Waals surface area (Å²) >= 11 is 0. The Morgan fingerprint density at radius 2 is 2.12 bits per heavy atom. The summed E-state index contributed by atoms with van der Waals surface area (Å²) in [4.78, 5) is 0. The molecule has 0 radical (unpaired) electrons. The highest BCUT2D eigenvalue weighted by Gasteiger charge is 2.20. The molecule has 0 atom stereocenters. The van der Waals surface area contributed by atoms with E-state index >= 15 is 0 Å². The number of furan rings is 1. The van der Waals surface area contributed by atoms with Crippen LogP contribution in [0.25, 0.3) is 0 Å². The number of ether oxygens (including phenoxy) is 1. The zero-order chi connectivity index (χ0) is 11.4. The molecular formula is C13H21NO2. The zero-order valence-corrected chi connectivity index (χ0v) is 10.2. The largest absolute Gasteiger partial charge is 0.462 e. The normalized spacial score (nSPS) is 15.9. The van der Waals surface area contributed by atoms with Crippen molar-refractivity contribution < 1.29 is 9.15 Å². The van der Waals surface area contributed by atoms with E-state index in [9.17, 15) is 0 Å². The summed E-state index contributed by atoms with van der Waals surface area (Å²) in [5.41, 5.74) is 0. The van der Waals surface area contributed by atoms with Gasteiger partial charge >= 0.3 is 0 Å². The third kappa shape index (κ3) is 3.99. The molecule has 2 rings (SSSR count). The molecule has 0 aromatic carbocycles. The first-order chi connectivity index (χ1) is 7.74. The van der Waals surface area contributed by atoms with E-state index in [-0.39, 0.29) is 0 Å². The first-order valence-electron chi connectivity index (χ1n) is 6.13. The SMILES string of the molecule is CC(C)COCc1ccc(CNC2CC2)o1. The fourth-order valence-corrected chi connectivity index (χ4v) is 1.52. The number of hydrogen-bond donors (Lipinski definition) is 1. The van der Waals surface area contributed by atoms with Crippen LogP contribution in [-0.2, 0) is 17.9 Å². The molecule has 0 aliphatic heterocycles. The minimum atomic E-state index is 0.575. The zero-order valence-electron chi connectivity index (χ0n) is 10.2. The molecule has 0 bridgehead atoms. The standard InChI is InChI=1S/C13H21NO2/c1-10(2)8-15-9-13-6-5-12(16-13)7-14-11-3-4-11/h5-6,10-11,14H,3-4,7-9H2,1-2H3. The molecule has 1 N–H and O–H groups in total. The maximum Gasteiger partial charge on any atom is 0.129 e. The van der Waals surface area contributed by atoms with E-state index < -0.39 is 0 Å². The molecule has 1 aliphatic carbocycles. The molecule has 3 heteroatoms. The van der Waals surface area contributed by atoms with Gasteiger partial charge in [0.15, 0.2) is 0 Å². The van der Waals surface area contributed by atoms with Gasteiger partial charge in [-0.2, -0.15) is 0 Å². The van der Waals surface area contributed by atoms with E-state index in [0.29, 0.717) is 12.5 Å². The van der Waals surface area contributed by atoms with Crippen molar-refractivity contribution in [3.05, 3.63) is 23.7 Å². The van der Waals surface area contributed by atoms with Crippen molar-refractivity contribution in [3.63, 3.8) is 0 Å². The van der Waals surface area contributed by atoms with Crippen LogP contribution < -0.4 is 5.32 Å². The van der Waals surface area contributed by atoms with Gasteiger partial charge in [0.1, 0.15) is 18.1 Å². The molecule has 1 aromatic rings. The molecule has 3 nitrogen and oxygen atoms in total. The Hall–Kier alpha value is -0.800. The van der Waals surface area contributed by atoms with Crippen molar-refractivity contribution in [3.8, 4) is 0 Å². The number of nitrogens with one attached hydrogen (secondary N) is 1. The molecule has 1 aromatic heterocycles. The van der Waals surface area contributed by atoms with Crippen LogP contribution in [-0.4, -0.2) is 12.6 Å². The smallest absolute Gasteiger partial charge is 0.129 e. The van der Waals surface area contributed by atoms with E-state index in [1.54, 1.807) is 0 Å². The van der Waals surface area contributed by atoms with Crippen molar-refractivity contribution in [2.75, 3.05) is 6.61 Å². The van der Waals surface area contributed by atoms with Crippen LogP contribution in [0.4, 0.5) is 0 Å². The topological polar surface area (TPSA) is 34.4 Å². The monoisotopic (exact) mass is 223 g/mol. The highest BCUT2D eigenvalue weighted by atomic mass is 16.5. The van der Waals surface area contributed by atoms with Gasteiger partial charge in [0.05, 0.1) is 6.54 Å². The van der Waals surface area contributed by atoms with Crippen molar-refractivity contribution in [1.29, 1.82) is 0 Å². The van der Waals surface area contributed by atoms with Gasteiger partial charge in [-0.25, -0.2) is 0 Å². The summed E-state index contributed by atoms with van der Waals surface area (Å²) < 4.78 is 11.2. The van der Waals surface area contributed by atoms with Crippen LogP contribution in [0.3, 0.4) is 0 Å². The van der Waals surface area contributed by atoms with Crippen molar-refractivity contribution >= 4 is 0 Å². The molecular weight excluding hydrogens is 202 g/mol. The minimum Gasteiger partial charge on any atom is -0.462 e. The highest BCUT2D eigenvalue weighted by molar-refractivity contribution is 5.06. The van der Waals surface area contributed by atoms with Gasteiger partial charge in [-0.3, -0.25) is 0 Å². The Balaban J connectivity index is 1.68. The Kier molecular flexibility index (Phi) is 4.02. The number of rotatable bonds is 7. The summed E-state index contributed by atoms with van der Waals surface area (Å²) in [5, 5.41) is 3.43. The van der Waals surface area contributed by atoms with Gasteiger partial charge in [0.25, 0.3) is 0 Å². The first-order valence-corrected chi connectivity index (χ1v) is 6.13. The maximum atomic E-state index is 5.66. The van der Waals surface area contributed by atoms with Gasteiger partial charge in [0.2, 0.25) is 0 Å². The predicted octanol–water partition coefficient (Wildman–Crippen LogP) is 2.70. The Labute approximate surface area is 97.2 Å². The second-order valence-electron chi connectivity index (χ2n) is 4.93. The van der Waals surface area contributed by atoms with Gasteiger partial charge in [-0.15, -0.1) is 0 Å². The summed E-state index contributed by atoms with van der Waals surface area (Å²) in [6, 6.07) is 4.76. The predicted molar refractivity (Wildman–Crippen MR) is 63.1 cm³/mol. The quantitative estimate of drug-likeness (QED) is 0.771. The average molecular weight is 223 g/mol. The van der Waals surface area contributed by atoms with E-state index in [1.807, 2.05) is 12.1 Å². The maximum absolute atomic E-state index is 5.66. The van der Waals surface area contributed by atoms with Crippen molar-refractivity contribution in [2.24, 2.45) is 5.92 Å². The minimum absolute atomic E-state index is 0.575. The van der Waals surface area contributed by atoms with E-state index in [4.69, 9.17) is 9.15 Å². The summed E-state index contributed by atoms with van der Waals surface area (Å²) in [6.07, 6.45) is 2.62. The van der Waals surface area contributed by atoms with Gasteiger partial charge in [-0.05, 0) is 30.9 Å². The molecule has 0 spiro atoms. The third-order valence-corrected chi connectivity index (χ3v) is 2.56. The van der Waals surface area contributed by atoms with Crippen LogP contribution >= 0.6 is 0 Å². The Morgan fingerprint density at radius 3 is 2.81 bits per heavy atom. The molecule has 1 heterocycles. The fourth-order valence-electron chi connectivity index (χ4n) is 1.52. The summed E-state index contributed by atoms with van der Waals surface area (Å²) in [7, 11) is 0. The fraction of sp³-hybridized carbons (Fsp3) is 0.692. The lowest BCUT2D eigenvalue weighted by atomic mass is 10.2. The summed E-state index contributed by atoms with van der Waals surface area (Å²) in [5.74, 6) is 2.51.